The molecule has 26 heavy (non-hydrogen) atoms. The number of esters is 1. The van der Waals surface area contributed by atoms with Gasteiger partial charge in [-0.15, -0.1) is 0 Å². The van der Waals surface area contributed by atoms with Crippen molar-refractivity contribution in [2.75, 3.05) is 6.61 Å². The monoisotopic (exact) mass is 393 g/mol. The molecule has 0 aromatic heterocycles. The number of carbonyl (C=O) groups is 2. The van der Waals surface area contributed by atoms with Crippen LogP contribution in [0.25, 0.3) is 0 Å². The van der Waals surface area contributed by atoms with Crippen LogP contribution in [0.2, 0.25) is 10.0 Å². The summed E-state index contributed by atoms with van der Waals surface area (Å²) < 4.78 is 5.03. The number of hydrogen-bond donors (Lipinski definition) is 1. The number of carbonyl (C=O) groups excluding carboxylic acids is 2. The first-order valence-electron chi connectivity index (χ1n) is 8.23. The van der Waals surface area contributed by atoms with Gasteiger partial charge in [0, 0.05) is 15.6 Å². The molecule has 6 heteroatoms. The quantitative estimate of drug-likeness (QED) is 0.730. The Balaban J connectivity index is 1.86. The minimum absolute atomic E-state index is 0.0848. The first kappa shape index (κ1) is 20.3. The van der Waals surface area contributed by atoms with Crippen LogP contribution in [-0.4, -0.2) is 18.5 Å². The second-order valence-corrected chi connectivity index (χ2v) is 6.98. The Morgan fingerprint density at radius 1 is 1.08 bits per heavy atom. The number of halogens is 2. The molecule has 0 radical (unpaired) electrons. The molecule has 2 aromatic rings. The summed E-state index contributed by atoms with van der Waals surface area (Å²) in [4.78, 5) is 24.0. The third-order valence-corrected chi connectivity index (χ3v) is 4.86. The molecule has 2 rings (SSSR count). The van der Waals surface area contributed by atoms with Gasteiger partial charge in [0.25, 0.3) is 5.91 Å². The molecule has 0 spiro atoms. The standard InChI is InChI=1S/C20H21Cl2NO3/c1-12-7-8-15(9-13(12)2)14(3)23-19(24)11-26-20(25)10-16-17(21)5-4-6-18(16)22/h4-9,14H,10-11H2,1-3H3,(H,23,24)/t14-/m1/s1. The Kier molecular flexibility index (Phi) is 7.06. The van der Waals surface area contributed by atoms with Gasteiger partial charge in [0.15, 0.2) is 6.61 Å². The molecule has 0 aliphatic heterocycles. The summed E-state index contributed by atoms with van der Waals surface area (Å²) in [6.07, 6.45) is -0.0848. The smallest absolute Gasteiger partial charge is 0.310 e. The van der Waals surface area contributed by atoms with Gasteiger partial charge in [-0.05, 0) is 49.6 Å². The highest BCUT2D eigenvalue weighted by atomic mass is 35.5. The normalized spacial score (nSPS) is 11.7. The van der Waals surface area contributed by atoms with Crippen molar-refractivity contribution in [1.29, 1.82) is 0 Å². The fourth-order valence-electron chi connectivity index (χ4n) is 2.44. The largest absolute Gasteiger partial charge is 0.455 e. The molecule has 1 N–H and O–H groups in total. The maximum atomic E-state index is 12.0. The number of hydrogen-bond acceptors (Lipinski definition) is 3. The van der Waals surface area contributed by atoms with Crippen LogP contribution in [-0.2, 0) is 20.7 Å². The Labute approximate surface area is 163 Å². The number of amides is 1. The van der Waals surface area contributed by atoms with E-state index in [0.29, 0.717) is 15.6 Å². The van der Waals surface area contributed by atoms with Crippen LogP contribution >= 0.6 is 23.2 Å². The maximum Gasteiger partial charge on any atom is 0.310 e. The van der Waals surface area contributed by atoms with Gasteiger partial charge < -0.3 is 10.1 Å². The van der Waals surface area contributed by atoms with E-state index < -0.39 is 5.97 Å². The zero-order chi connectivity index (χ0) is 19.3. The Bertz CT molecular complexity index is 800. The van der Waals surface area contributed by atoms with Crippen molar-refractivity contribution in [1.82, 2.24) is 5.32 Å². The average molecular weight is 394 g/mol. The summed E-state index contributed by atoms with van der Waals surface area (Å²) in [6, 6.07) is 10.8. The van der Waals surface area contributed by atoms with Gasteiger partial charge in [-0.2, -0.15) is 0 Å². The van der Waals surface area contributed by atoms with Crippen LogP contribution in [0, 0.1) is 13.8 Å². The molecule has 0 aliphatic carbocycles. The van der Waals surface area contributed by atoms with E-state index >= 15 is 0 Å². The predicted molar refractivity (Wildman–Crippen MR) is 104 cm³/mol. The highest BCUT2D eigenvalue weighted by molar-refractivity contribution is 6.36. The molecule has 4 nitrogen and oxygen atoms in total. The first-order valence-corrected chi connectivity index (χ1v) is 8.98. The molecule has 0 saturated heterocycles. The van der Waals surface area contributed by atoms with Crippen molar-refractivity contribution < 1.29 is 14.3 Å². The third-order valence-electron chi connectivity index (χ3n) is 4.16. The van der Waals surface area contributed by atoms with Crippen molar-refractivity contribution >= 4 is 35.1 Å². The first-order chi connectivity index (χ1) is 12.3. The van der Waals surface area contributed by atoms with E-state index in [9.17, 15) is 9.59 Å². The van der Waals surface area contributed by atoms with Gasteiger partial charge in [0.1, 0.15) is 0 Å². The molecule has 0 unspecified atom stereocenters. The van der Waals surface area contributed by atoms with Crippen molar-refractivity contribution in [3.05, 3.63) is 68.7 Å². The summed E-state index contributed by atoms with van der Waals surface area (Å²) in [7, 11) is 0. The van der Waals surface area contributed by atoms with Crippen molar-refractivity contribution in [2.45, 2.75) is 33.2 Å². The van der Waals surface area contributed by atoms with E-state index in [2.05, 4.69) is 5.32 Å². The molecule has 1 atom stereocenters. The van der Waals surface area contributed by atoms with Crippen molar-refractivity contribution in [3.8, 4) is 0 Å². The number of aryl methyl sites for hydroxylation is 2. The minimum atomic E-state index is -0.561. The lowest BCUT2D eigenvalue weighted by atomic mass is 10.0. The van der Waals surface area contributed by atoms with E-state index in [1.54, 1.807) is 18.2 Å². The summed E-state index contributed by atoms with van der Waals surface area (Å²) in [6.45, 7) is 5.59. The Morgan fingerprint density at radius 2 is 1.73 bits per heavy atom. The van der Waals surface area contributed by atoms with Crippen LogP contribution in [0.4, 0.5) is 0 Å². The summed E-state index contributed by atoms with van der Waals surface area (Å²) in [5.41, 5.74) is 3.84. The molecule has 2 aromatic carbocycles. The zero-order valence-electron chi connectivity index (χ0n) is 14.9. The van der Waals surface area contributed by atoms with Gasteiger partial charge in [0.2, 0.25) is 0 Å². The summed E-state index contributed by atoms with van der Waals surface area (Å²) in [5.74, 6) is -0.927. The van der Waals surface area contributed by atoms with Crippen LogP contribution in [0.3, 0.4) is 0 Å². The Hall–Kier alpha value is -2.04. The highest BCUT2D eigenvalue weighted by Crippen LogP contribution is 2.24. The molecule has 1 amide bonds. The van der Waals surface area contributed by atoms with E-state index in [-0.39, 0.29) is 25.0 Å². The van der Waals surface area contributed by atoms with E-state index in [4.69, 9.17) is 27.9 Å². The number of ether oxygens (including phenoxy) is 1. The fraction of sp³-hybridized carbons (Fsp3) is 0.300. The van der Waals surface area contributed by atoms with Crippen LogP contribution in [0.1, 0.15) is 35.2 Å². The molecule has 0 saturated carbocycles. The highest BCUT2D eigenvalue weighted by Gasteiger charge is 2.15. The zero-order valence-corrected chi connectivity index (χ0v) is 16.4. The van der Waals surface area contributed by atoms with Crippen molar-refractivity contribution in [2.24, 2.45) is 0 Å². The molecule has 138 valence electrons. The lowest BCUT2D eigenvalue weighted by Crippen LogP contribution is -2.31. The van der Waals surface area contributed by atoms with E-state index in [1.807, 2.05) is 39.0 Å². The van der Waals surface area contributed by atoms with Crippen molar-refractivity contribution in [3.63, 3.8) is 0 Å². The summed E-state index contributed by atoms with van der Waals surface area (Å²) in [5, 5.41) is 3.60. The van der Waals surface area contributed by atoms with Gasteiger partial charge in [-0.3, -0.25) is 9.59 Å². The second kappa shape index (κ2) is 9.06. The van der Waals surface area contributed by atoms with Crippen LogP contribution in [0.15, 0.2) is 36.4 Å². The lowest BCUT2D eigenvalue weighted by molar-refractivity contribution is -0.148. The van der Waals surface area contributed by atoms with E-state index in [0.717, 1.165) is 11.1 Å². The molecular weight excluding hydrogens is 373 g/mol. The second-order valence-electron chi connectivity index (χ2n) is 6.17. The van der Waals surface area contributed by atoms with Crippen LogP contribution in [0.5, 0.6) is 0 Å². The number of nitrogens with one attached hydrogen (secondary N) is 1. The molecule has 0 aliphatic rings. The van der Waals surface area contributed by atoms with Gasteiger partial charge in [0.05, 0.1) is 12.5 Å². The fourth-order valence-corrected chi connectivity index (χ4v) is 2.97. The van der Waals surface area contributed by atoms with Gasteiger partial charge in [-0.25, -0.2) is 0 Å². The number of rotatable bonds is 6. The summed E-state index contributed by atoms with van der Waals surface area (Å²) >= 11 is 12.1. The van der Waals surface area contributed by atoms with Gasteiger partial charge >= 0.3 is 5.97 Å². The Morgan fingerprint density at radius 3 is 2.35 bits per heavy atom. The minimum Gasteiger partial charge on any atom is -0.455 e. The SMILES string of the molecule is Cc1ccc([C@@H](C)NC(=O)COC(=O)Cc2c(Cl)cccc2Cl)cc1C. The molecule has 0 bridgehead atoms. The molecular formula is C20H21Cl2NO3. The van der Waals surface area contributed by atoms with Crippen LogP contribution < -0.4 is 5.32 Å². The van der Waals surface area contributed by atoms with Gasteiger partial charge in [-0.1, -0.05) is 47.5 Å². The predicted octanol–water partition coefficient (Wildman–Crippen LogP) is 4.57. The third kappa shape index (κ3) is 5.48. The maximum absolute atomic E-state index is 12.0. The molecule has 0 fully saturated rings. The molecule has 0 heterocycles. The number of benzene rings is 2. The average Bonchev–Trinajstić information content (AvgIpc) is 2.59. The lowest BCUT2D eigenvalue weighted by Gasteiger charge is -2.16. The van der Waals surface area contributed by atoms with E-state index in [1.165, 1.54) is 5.56 Å². The topological polar surface area (TPSA) is 55.4 Å².